The summed E-state index contributed by atoms with van der Waals surface area (Å²) in [4.78, 5) is 12.4. The zero-order valence-electron chi connectivity index (χ0n) is 11.3. The number of hydrogen-bond donors (Lipinski definition) is 2. The van der Waals surface area contributed by atoms with E-state index in [4.69, 9.17) is 17.3 Å². The Morgan fingerprint density at radius 1 is 1.42 bits per heavy atom. The predicted octanol–water partition coefficient (Wildman–Crippen LogP) is 3.04. The highest BCUT2D eigenvalue weighted by Crippen LogP contribution is 2.40. The molecule has 1 aliphatic carbocycles. The third-order valence-corrected chi connectivity index (χ3v) is 4.42. The van der Waals surface area contributed by atoms with Crippen molar-refractivity contribution in [2.45, 2.75) is 38.6 Å². The highest BCUT2D eigenvalue weighted by molar-refractivity contribution is 6.30. The van der Waals surface area contributed by atoms with Crippen LogP contribution in [0.2, 0.25) is 5.02 Å². The summed E-state index contributed by atoms with van der Waals surface area (Å²) in [5.41, 5.74) is 6.54. The average molecular weight is 281 g/mol. The zero-order chi connectivity index (χ0) is 13.9. The predicted molar refractivity (Wildman–Crippen MR) is 78.0 cm³/mol. The first-order valence-corrected chi connectivity index (χ1v) is 7.25. The minimum absolute atomic E-state index is 0.0359. The van der Waals surface area contributed by atoms with Crippen LogP contribution in [0.5, 0.6) is 0 Å². The van der Waals surface area contributed by atoms with Gasteiger partial charge in [0.05, 0.1) is 11.5 Å². The smallest absolute Gasteiger partial charge is 0.227 e. The third-order valence-electron chi connectivity index (χ3n) is 4.17. The van der Waals surface area contributed by atoms with E-state index in [1.165, 1.54) is 0 Å². The van der Waals surface area contributed by atoms with Gasteiger partial charge in [0.25, 0.3) is 0 Å². The van der Waals surface area contributed by atoms with Gasteiger partial charge in [-0.05, 0) is 37.0 Å². The van der Waals surface area contributed by atoms with Crippen LogP contribution in [-0.2, 0) is 4.79 Å². The largest absolute Gasteiger partial charge is 0.349 e. The summed E-state index contributed by atoms with van der Waals surface area (Å²) in [6, 6.07) is 7.68. The van der Waals surface area contributed by atoms with Gasteiger partial charge in [-0.3, -0.25) is 4.79 Å². The molecule has 1 aromatic rings. The van der Waals surface area contributed by atoms with E-state index in [1.54, 1.807) is 0 Å². The molecule has 1 aromatic carbocycles. The first kappa shape index (κ1) is 14.4. The maximum Gasteiger partial charge on any atom is 0.227 e. The molecule has 3 nitrogen and oxygen atoms in total. The Morgan fingerprint density at radius 3 is 2.47 bits per heavy atom. The summed E-state index contributed by atoms with van der Waals surface area (Å²) in [5.74, 6) is 0.100. The number of benzene rings is 1. The Bertz CT molecular complexity index is 434. The molecule has 1 unspecified atom stereocenters. The van der Waals surface area contributed by atoms with Gasteiger partial charge in [-0.15, -0.1) is 0 Å². The third kappa shape index (κ3) is 2.93. The number of carbonyl (C=O) groups is 1. The molecule has 0 aromatic heterocycles. The number of carbonyl (C=O) groups excluding carboxylic acids is 1. The van der Waals surface area contributed by atoms with Gasteiger partial charge in [-0.2, -0.15) is 0 Å². The zero-order valence-corrected chi connectivity index (χ0v) is 12.0. The highest BCUT2D eigenvalue weighted by atomic mass is 35.5. The van der Waals surface area contributed by atoms with E-state index >= 15 is 0 Å². The Labute approximate surface area is 119 Å². The van der Waals surface area contributed by atoms with E-state index in [0.29, 0.717) is 11.6 Å². The molecule has 1 fully saturated rings. The molecular formula is C15H21ClN2O. The standard InChI is InChI=1S/C15H21ClN2O/c1-2-13(11-4-6-12(16)7-5-11)18-14(19)15(10-17)8-3-9-15/h4-7,13H,2-3,8-10,17H2,1H3,(H,18,19). The fourth-order valence-corrected chi connectivity index (χ4v) is 2.68. The van der Waals surface area contributed by atoms with Crippen molar-refractivity contribution in [2.75, 3.05) is 6.54 Å². The minimum atomic E-state index is -0.320. The summed E-state index contributed by atoms with van der Waals surface area (Å²) < 4.78 is 0. The number of nitrogens with two attached hydrogens (primary N) is 1. The Balaban J connectivity index is 2.07. The van der Waals surface area contributed by atoms with Gasteiger partial charge < -0.3 is 11.1 Å². The fraction of sp³-hybridized carbons (Fsp3) is 0.533. The Kier molecular flexibility index (Phi) is 4.48. The molecule has 3 N–H and O–H groups in total. The van der Waals surface area contributed by atoms with Crippen molar-refractivity contribution in [3.05, 3.63) is 34.9 Å². The van der Waals surface area contributed by atoms with Crippen molar-refractivity contribution in [3.63, 3.8) is 0 Å². The lowest BCUT2D eigenvalue weighted by Crippen LogP contribution is -2.51. The molecule has 104 valence electrons. The van der Waals surface area contributed by atoms with Gasteiger partial charge in [0, 0.05) is 11.6 Å². The number of hydrogen-bond acceptors (Lipinski definition) is 2. The van der Waals surface area contributed by atoms with Gasteiger partial charge in [-0.25, -0.2) is 0 Å². The van der Waals surface area contributed by atoms with Gasteiger partial charge in [0.1, 0.15) is 0 Å². The summed E-state index contributed by atoms with van der Waals surface area (Å²) in [7, 11) is 0. The van der Waals surface area contributed by atoms with Crippen LogP contribution in [0, 0.1) is 5.41 Å². The second kappa shape index (κ2) is 5.93. The van der Waals surface area contributed by atoms with Gasteiger partial charge >= 0.3 is 0 Å². The molecule has 1 saturated carbocycles. The molecule has 0 bridgehead atoms. The molecule has 1 amide bonds. The lowest BCUT2D eigenvalue weighted by molar-refractivity contribution is -0.136. The normalized spacial score (nSPS) is 18.5. The number of rotatable bonds is 5. The fourth-order valence-electron chi connectivity index (χ4n) is 2.55. The summed E-state index contributed by atoms with van der Waals surface area (Å²) in [5, 5.41) is 3.84. The molecule has 4 heteroatoms. The molecule has 0 heterocycles. The van der Waals surface area contributed by atoms with Crippen molar-refractivity contribution in [2.24, 2.45) is 11.1 Å². The summed E-state index contributed by atoms with van der Waals surface area (Å²) in [6.45, 7) is 2.51. The van der Waals surface area contributed by atoms with Crippen LogP contribution in [-0.4, -0.2) is 12.5 Å². The summed E-state index contributed by atoms with van der Waals surface area (Å²) >= 11 is 5.89. The number of halogens is 1. The highest BCUT2D eigenvalue weighted by Gasteiger charge is 2.43. The first-order valence-electron chi connectivity index (χ1n) is 6.88. The number of nitrogens with one attached hydrogen (secondary N) is 1. The van der Waals surface area contributed by atoms with Crippen LogP contribution < -0.4 is 11.1 Å². The van der Waals surface area contributed by atoms with Gasteiger partial charge in [0.2, 0.25) is 5.91 Å². The lowest BCUT2D eigenvalue weighted by Gasteiger charge is -2.40. The maximum atomic E-state index is 12.4. The first-order chi connectivity index (χ1) is 9.11. The molecular weight excluding hydrogens is 260 g/mol. The van der Waals surface area contributed by atoms with E-state index in [9.17, 15) is 4.79 Å². The molecule has 2 rings (SSSR count). The van der Waals surface area contributed by atoms with Crippen LogP contribution in [0.25, 0.3) is 0 Å². The van der Waals surface area contributed by atoms with Crippen LogP contribution in [0.3, 0.4) is 0 Å². The molecule has 0 radical (unpaired) electrons. The van der Waals surface area contributed by atoms with Crippen molar-refractivity contribution in [1.29, 1.82) is 0 Å². The molecule has 0 aliphatic heterocycles. The SMILES string of the molecule is CCC(NC(=O)C1(CN)CCC1)c1ccc(Cl)cc1. The van der Waals surface area contributed by atoms with Crippen LogP contribution >= 0.6 is 11.6 Å². The van der Waals surface area contributed by atoms with E-state index in [0.717, 1.165) is 31.2 Å². The van der Waals surface area contributed by atoms with Gasteiger partial charge in [0.15, 0.2) is 0 Å². The molecule has 1 atom stereocenters. The van der Waals surface area contributed by atoms with E-state index in [1.807, 2.05) is 24.3 Å². The van der Waals surface area contributed by atoms with Crippen LogP contribution in [0.1, 0.15) is 44.2 Å². The number of amides is 1. The molecule has 1 aliphatic rings. The second-order valence-electron chi connectivity index (χ2n) is 5.32. The average Bonchev–Trinajstić information content (AvgIpc) is 2.36. The monoisotopic (exact) mass is 280 g/mol. The summed E-state index contributed by atoms with van der Waals surface area (Å²) in [6.07, 6.45) is 3.77. The maximum absolute atomic E-state index is 12.4. The van der Waals surface area contributed by atoms with Gasteiger partial charge in [-0.1, -0.05) is 37.1 Å². The van der Waals surface area contributed by atoms with E-state index < -0.39 is 0 Å². The van der Waals surface area contributed by atoms with E-state index in [2.05, 4.69) is 12.2 Å². The minimum Gasteiger partial charge on any atom is -0.349 e. The topological polar surface area (TPSA) is 55.1 Å². The van der Waals surface area contributed by atoms with Crippen LogP contribution in [0.4, 0.5) is 0 Å². The molecule has 0 saturated heterocycles. The molecule has 19 heavy (non-hydrogen) atoms. The van der Waals surface area contributed by atoms with Crippen molar-refractivity contribution in [1.82, 2.24) is 5.32 Å². The quantitative estimate of drug-likeness (QED) is 0.871. The Morgan fingerprint density at radius 2 is 2.05 bits per heavy atom. The van der Waals surface area contributed by atoms with E-state index in [-0.39, 0.29) is 17.4 Å². The lowest BCUT2D eigenvalue weighted by atomic mass is 9.68. The van der Waals surface area contributed by atoms with Crippen molar-refractivity contribution < 1.29 is 4.79 Å². The molecule has 0 spiro atoms. The van der Waals surface area contributed by atoms with Crippen LogP contribution in [0.15, 0.2) is 24.3 Å². The Hall–Kier alpha value is -1.06. The van der Waals surface area contributed by atoms with Crippen molar-refractivity contribution >= 4 is 17.5 Å². The second-order valence-corrected chi connectivity index (χ2v) is 5.76. The van der Waals surface area contributed by atoms with Crippen molar-refractivity contribution in [3.8, 4) is 0 Å².